The SMILES string of the molecule is Cc1ccc(CC(=N)N2CCCC2)cc1. The van der Waals surface area contributed by atoms with Crippen LogP contribution in [0.15, 0.2) is 24.3 Å². The first-order chi connectivity index (χ1) is 7.25. The molecule has 80 valence electrons. The number of nitrogens with one attached hydrogen (secondary N) is 1. The molecule has 0 aliphatic carbocycles. The zero-order chi connectivity index (χ0) is 10.7. The van der Waals surface area contributed by atoms with E-state index in [2.05, 4.69) is 36.1 Å². The quantitative estimate of drug-likeness (QED) is 0.579. The molecule has 0 radical (unpaired) electrons. The van der Waals surface area contributed by atoms with Crippen LogP contribution in [-0.4, -0.2) is 23.8 Å². The zero-order valence-electron chi connectivity index (χ0n) is 9.29. The Kier molecular flexibility index (Phi) is 3.05. The zero-order valence-corrected chi connectivity index (χ0v) is 9.29. The highest BCUT2D eigenvalue weighted by Gasteiger charge is 2.14. The lowest BCUT2D eigenvalue weighted by Crippen LogP contribution is -2.28. The number of rotatable bonds is 2. The van der Waals surface area contributed by atoms with Crippen molar-refractivity contribution in [2.24, 2.45) is 0 Å². The molecule has 2 heteroatoms. The van der Waals surface area contributed by atoms with Gasteiger partial charge in [-0.1, -0.05) is 29.8 Å². The third kappa shape index (κ3) is 2.58. The van der Waals surface area contributed by atoms with Gasteiger partial charge in [0.2, 0.25) is 0 Å². The molecule has 1 aromatic carbocycles. The standard InChI is InChI=1S/C13H18N2/c1-11-4-6-12(7-5-11)10-13(14)15-8-2-3-9-15/h4-7,14H,2-3,8-10H2,1H3. The average Bonchev–Trinajstić information content (AvgIpc) is 2.74. The van der Waals surface area contributed by atoms with Crippen LogP contribution in [0.3, 0.4) is 0 Å². The predicted molar refractivity (Wildman–Crippen MR) is 63.4 cm³/mol. The van der Waals surface area contributed by atoms with Crippen LogP contribution in [-0.2, 0) is 6.42 Å². The summed E-state index contributed by atoms with van der Waals surface area (Å²) in [5.41, 5.74) is 2.53. The predicted octanol–water partition coefficient (Wildman–Crippen LogP) is 2.61. The van der Waals surface area contributed by atoms with E-state index in [1.165, 1.54) is 24.0 Å². The molecular weight excluding hydrogens is 184 g/mol. The Morgan fingerprint density at radius 3 is 2.40 bits per heavy atom. The van der Waals surface area contributed by atoms with Crippen molar-refractivity contribution in [3.8, 4) is 0 Å². The molecule has 1 saturated heterocycles. The van der Waals surface area contributed by atoms with Gasteiger partial charge in [0, 0.05) is 19.5 Å². The summed E-state index contributed by atoms with van der Waals surface area (Å²) >= 11 is 0. The van der Waals surface area contributed by atoms with E-state index >= 15 is 0 Å². The normalized spacial score (nSPS) is 15.7. The maximum absolute atomic E-state index is 8.00. The number of aryl methyl sites for hydroxylation is 1. The van der Waals surface area contributed by atoms with Crippen LogP contribution in [0.1, 0.15) is 24.0 Å². The van der Waals surface area contributed by atoms with Crippen LogP contribution in [0.5, 0.6) is 0 Å². The summed E-state index contributed by atoms with van der Waals surface area (Å²) in [6.45, 7) is 4.24. The van der Waals surface area contributed by atoms with Crippen molar-refractivity contribution in [3.63, 3.8) is 0 Å². The number of likely N-dealkylation sites (tertiary alicyclic amines) is 1. The number of amidine groups is 1. The van der Waals surface area contributed by atoms with Gasteiger partial charge in [-0.2, -0.15) is 0 Å². The fourth-order valence-electron chi connectivity index (χ4n) is 2.00. The van der Waals surface area contributed by atoms with Gasteiger partial charge in [0.05, 0.1) is 0 Å². The van der Waals surface area contributed by atoms with E-state index in [1.807, 2.05) is 0 Å². The Morgan fingerprint density at radius 1 is 1.20 bits per heavy atom. The van der Waals surface area contributed by atoms with Crippen molar-refractivity contribution in [2.75, 3.05) is 13.1 Å². The smallest absolute Gasteiger partial charge is 0.100 e. The third-order valence-corrected chi connectivity index (χ3v) is 2.98. The number of hydrogen-bond donors (Lipinski definition) is 1. The van der Waals surface area contributed by atoms with E-state index in [4.69, 9.17) is 5.41 Å². The maximum Gasteiger partial charge on any atom is 0.100 e. The molecule has 0 spiro atoms. The van der Waals surface area contributed by atoms with E-state index in [0.29, 0.717) is 0 Å². The van der Waals surface area contributed by atoms with Gasteiger partial charge < -0.3 is 4.90 Å². The second-order valence-electron chi connectivity index (χ2n) is 4.30. The first-order valence-corrected chi connectivity index (χ1v) is 5.63. The van der Waals surface area contributed by atoms with Gasteiger partial charge >= 0.3 is 0 Å². The molecule has 1 aliphatic rings. The average molecular weight is 202 g/mol. The molecule has 0 unspecified atom stereocenters. The number of benzene rings is 1. The van der Waals surface area contributed by atoms with Crippen molar-refractivity contribution < 1.29 is 0 Å². The van der Waals surface area contributed by atoms with Crippen molar-refractivity contribution in [1.29, 1.82) is 5.41 Å². The lowest BCUT2D eigenvalue weighted by Gasteiger charge is -2.18. The largest absolute Gasteiger partial charge is 0.360 e. The highest BCUT2D eigenvalue weighted by atomic mass is 15.2. The Morgan fingerprint density at radius 2 is 1.80 bits per heavy atom. The summed E-state index contributed by atoms with van der Waals surface area (Å²) in [5.74, 6) is 0.774. The summed E-state index contributed by atoms with van der Waals surface area (Å²) in [6.07, 6.45) is 3.27. The Balaban J connectivity index is 1.96. The second-order valence-corrected chi connectivity index (χ2v) is 4.30. The fourth-order valence-corrected chi connectivity index (χ4v) is 2.00. The Labute approximate surface area is 91.4 Å². The van der Waals surface area contributed by atoms with E-state index in [0.717, 1.165) is 25.3 Å². The van der Waals surface area contributed by atoms with Crippen LogP contribution in [0.2, 0.25) is 0 Å². The van der Waals surface area contributed by atoms with Crippen LogP contribution in [0, 0.1) is 12.3 Å². The molecule has 15 heavy (non-hydrogen) atoms. The van der Waals surface area contributed by atoms with E-state index in [1.54, 1.807) is 0 Å². The van der Waals surface area contributed by atoms with Crippen LogP contribution >= 0.6 is 0 Å². The summed E-state index contributed by atoms with van der Waals surface area (Å²) in [6, 6.07) is 8.49. The highest BCUT2D eigenvalue weighted by molar-refractivity contribution is 5.81. The molecule has 1 aliphatic heterocycles. The summed E-state index contributed by atoms with van der Waals surface area (Å²) < 4.78 is 0. The van der Waals surface area contributed by atoms with E-state index < -0.39 is 0 Å². The van der Waals surface area contributed by atoms with Crippen molar-refractivity contribution in [1.82, 2.24) is 4.90 Å². The molecule has 1 aromatic rings. The summed E-state index contributed by atoms with van der Waals surface area (Å²) in [4.78, 5) is 2.19. The molecule has 0 atom stereocenters. The van der Waals surface area contributed by atoms with Crippen molar-refractivity contribution >= 4 is 5.84 Å². The molecule has 1 heterocycles. The van der Waals surface area contributed by atoms with Crippen molar-refractivity contribution in [2.45, 2.75) is 26.2 Å². The maximum atomic E-state index is 8.00. The van der Waals surface area contributed by atoms with Crippen molar-refractivity contribution in [3.05, 3.63) is 35.4 Å². The Bertz CT molecular complexity index is 334. The Hall–Kier alpha value is -1.31. The minimum Gasteiger partial charge on any atom is -0.360 e. The summed E-state index contributed by atoms with van der Waals surface area (Å²) in [7, 11) is 0. The third-order valence-electron chi connectivity index (χ3n) is 2.98. The topological polar surface area (TPSA) is 27.1 Å². The molecule has 2 rings (SSSR count). The minimum absolute atomic E-state index is 0.774. The first kappa shape index (κ1) is 10.2. The molecular formula is C13H18N2. The van der Waals surface area contributed by atoms with Gasteiger partial charge in [-0.25, -0.2) is 0 Å². The molecule has 2 nitrogen and oxygen atoms in total. The van der Waals surface area contributed by atoms with E-state index in [-0.39, 0.29) is 0 Å². The number of hydrogen-bond acceptors (Lipinski definition) is 1. The van der Waals surface area contributed by atoms with Gasteiger partial charge in [-0.05, 0) is 25.3 Å². The number of nitrogens with zero attached hydrogens (tertiary/aromatic N) is 1. The molecule has 1 N–H and O–H groups in total. The fraction of sp³-hybridized carbons (Fsp3) is 0.462. The lowest BCUT2D eigenvalue weighted by atomic mass is 10.1. The molecule has 0 bridgehead atoms. The van der Waals surface area contributed by atoms with Gasteiger partial charge in [0.25, 0.3) is 0 Å². The molecule has 1 fully saturated rings. The molecule has 0 saturated carbocycles. The monoisotopic (exact) mass is 202 g/mol. The lowest BCUT2D eigenvalue weighted by molar-refractivity contribution is 0.507. The van der Waals surface area contributed by atoms with Gasteiger partial charge in [0.1, 0.15) is 5.84 Å². The van der Waals surface area contributed by atoms with Gasteiger partial charge in [-0.15, -0.1) is 0 Å². The second kappa shape index (κ2) is 4.47. The summed E-state index contributed by atoms with van der Waals surface area (Å²) in [5, 5.41) is 8.00. The molecule has 0 aromatic heterocycles. The van der Waals surface area contributed by atoms with Gasteiger partial charge in [-0.3, -0.25) is 5.41 Å². The molecule has 0 amide bonds. The van der Waals surface area contributed by atoms with Crippen LogP contribution in [0.4, 0.5) is 0 Å². The van der Waals surface area contributed by atoms with Crippen LogP contribution < -0.4 is 0 Å². The van der Waals surface area contributed by atoms with Gasteiger partial charge in [0.15, 0.2) is 0 Å². The van der Waals surface area contributed by atoms with E-state index in [9.17, 15) is 0 Å². The van der Waals surface area contributed by atoms with Crippen LogP contribution in [0.25, 0.3) is 0 Å². The highest BCUT2D eigenvalue weighted by Crippen LogP contribution is 2.11. The minimum atomic E-state index is 0.774. The first-order valence-electron chi connectivity index (χ1n) is 5.63.